The zero-order chi connectivity index (χ0) is 30.1. The number of ether oxygens (including phenoxy) is 1. The number of aryl methyl sites for hydroxylation is 1. The number of carboxylic acids is 1. The van der Waals surface area contributed by atoms with Crippen molar-refractivity contribution in [1.82, 2.24) is 14.5 Å². The van der Waals surface area contributed by atoms with Crippen molar-refractivity contribution in [2.75, 3.05) is 13.7 Å². The van der Waals surface area contributed by atoms with Gasteiger partial charge in [-0.25, -0.2) is 14.2 Å². The highest BCUT2D eigenvalue weighted by molar-refractivity contribution is 7.20. The number of nitrogens with one attached hydrogen (secondary N) is 1. The first-order valence-corrected chi connectivity index (χ1v) is 14.9. The molecule has 0 bridgehead atoms. The number of thiophene rings is 1. The fourth-order valence-electron chi connectivity index (χ4n) is 5.86. The monoisotopic (exact) mass is 585 g/mol. The van der Waals surface area contributed by atoms with Crippen molar-refractivity contribution >= 4 is 33.4 Å². The fraction of sp³-hybridized carbons (Fsp3) is 0.533. The number of aliphatic hydroxyl groups excluding tert-OH is 1. The van der Waals surface area contributed by atoms with Gasteiger partial charge in [0.25, 0.3) is 11.5 Å². The first-order valence-electron chi connectivity index (χ1n) is 14.0. The Kier molecular flexibility index (Phi) is 9.08. The Morgan fingerprint density at radius 1 is 1.17 bits per heavy atom. The molecule has 1 amide bonds. The maximum atomic E-state index is 14.1. The van der Waals surface area contributed by atoms with Gasteiger partial charge in [-0.05, 0) is 82.9 Å². The summed E-state index contributed by atoms with van der Waals surface area (Å²) in [6, 6.07) is 7.60. The maximum absolute atomic E-state index is 14.1. The molecule has 1 aliphatic rings. The summed E-state index contributed by atoms with van der Waals surface area (Å²) in [7, 11) is 1.59. The molecule has 0 saturated heterocycles. The molecule has 3 aromatic rings. The third-order valence-electron chi connectivity index (χ3n) is 8.25. The Morgan fingerprint density at radius 3 is 2.44 bits per heavy atom. The Balaban J connectivity index is 1.97. The van der Waals surface area contributed by atoms with Crippen LogP contribution in [0, 0.1) is 12.8 Å². The lowest BCUT2D eigenvalue weighted by Crippen LogP contribution is -2.52. The lowest BCUT2D eigenvalue weighted by atomic mass is 9.79. The van der Waals surface area contributed by atoms with E-state index >= 15 is 0 Å². The Bertz CT molecular complexity index is 1560. The van der Waals surface area contributed by atoms with E-state index in [4.69, 9.17) is 4.74 Å². The average Bonchev–Trinajstić information content (AvgIpc) is 3.28. The van der Waals surface area contributed by atoms with Gasteiger partial charge < -0.3 is 20.3 Å². The summed E-state index contributed by atoms with van der Waals surface area (Å²) < 4.78 is 7.96. The van der Waals surface area contributed by atoms with Crippen LogP contribution < -0.4 is 21.3 Å². The standard InChI is InChI=1S/C30H39N3O7S/c1-6-31-25(35)24-17(2)23-26(36)33(30(3,4)28(37)38)29(39)32(27(23)41-24)16-19(15-18-11-13-20(34)14-12-18)21-9-7-8-10-22(21)40-5/h7-10,18-20,34H,6,11-16H2,1-5H3,(H,31,35)(H,37,38)/t18-,19-,20+/m0/s1. The van der Waals surface area contributed by atoms with Crippen LogP contribution in [-0.2, 0) is 16.9 Å². The van der Waals surface area contributed by atoms with Gasteiger partial charge in [0, 0.05) is 19.0 Å². The van der Waals surface area contributed by atoms with E-state index in [1.54, 1.807) is 21.0 Å². The van der Waals surface area contributed by atoms with E-state index in [9.17, 15) is 29.4 Å². The zero-order valence-corrected chi connectivity index (χ0v) is 25.0. The van der Waals surface area contributed by atoms with Gasteiger partial charge in [0.05, 0.1) is 23.5 Å². The zero-order valence-electron chi connectivity index (χ0n) is 24.2. The number of rotatable bonds is 10. The van der Waals surface area contributed by atoms with E-state index in [1.807, 2.05) is 24.3 Å². The van der Waals surface area contributed by atoms with Gasteiger partial charge in [-0.15, -0.1) is 11.3 Å². The molecule has 0 spiro atoms. The molecule has 2 heterocycles. The number of aromatic nitrogens is 2. The number of carbonyl (C=O) groups is 2. The molecule has 0 unspecified atom stereocenters. The van der Waals surface area contributed by atoms with Gasteiger partial charge in [0.1, 0.15) is 16.1 Å². The molecule has 222 valence electrons. The molecule has 1 fully saturated rings. The molecule has 1 aromatic carbocycles. The molecule has 0 aliphatic heterocycles. The predicted molar refractivity (Wildman–Crippen MR) is 158 cm³/mol. The number of carboxylic acid groups (broad SMARTS) is 1. The van der Waals surface area contributed by atoms with E-state index in [0.29, 0.717) is 52.7 Å². The van der Waals surface area contributed by atoms with E-state index < -0.39 is 22.8 Å². The van der Waals surface area contributed by atoms with Gasteiger partial charge in [-0.1, -0.05) is 18.2 Å². The third kappa shape index (κ3) is 5.83. The van der Waals surface area contributed by atoms with E-state index in [2.05, 4.69) is 5.32 Å². The number of fused-ring (bicyclic) bond motifs is 1. The maximum Gasteiger partial charge on any atom is 0.333 e. The van der Waals surface area contributed by atoms with Crippen molar-refractivity contribution in [2.45, 2.75) is 83.9 Å². The lowest BCUT2D eigenvalue weighted by Gasteiger charge is -2.30. The third-order valence-corrected chi connectivity index (χ3v) is 9.57. The number of methoxy groups -OCH3 is 1. The number of carbonyl (C=O) groups excluding carboxylic acids is 1. The van der Waals surface area contributed by atoms with Gasteiger partial charge in [-0.2, -0.15) is 0 Å². The van der Waals surface area contributed by atoms with Crippen molar-refractivity contribution in [3.63, 3.8) is 0 Å². The van der Waals surface area contributed by atoms with E-state index in [-0.39, 0.29) is 29.9 Å². The van der Waals surface area contributed by atoms with Crippen LogP contribution in [0.25, 0.3) is 10.2 Å². The number of hydrogen-bond acceptors (Lipinski definition) is 7. The van der Waals surface area contributed by atoms with Crippen molar-refractivity contribution in [3.05, 3.63) is 61.1 Å². The molecule has 1 aliphatic carbocycles. The Labute approximate surface area is 242 Å². The molecule has 4 rings (SSSR count). The molecule has 10 nitrogen and oxygen atoms in total. The number of aliphatic carboxylic acids is 1. The topological polar surface area (TPSA) is 140 Å². The molecule has 11 heteroatoms. The molecule has 2 aromatic heterocycles. The quantitative estimate of drug-likeness (QED) is 0.329. The average molecular weight is 586 g/mol. The summed E-state index contributed by atoms with van der Waals surface area (Å²) in [6.45, 7) is 6.64. The summed E-state index contributed by atoms with van der Waals surface area (Å²) in [5.41, 5.74) is -1.98. The Hall–Kier alpha value is -3.44. The highest BCUT2D eigenvalue weighted by Gasteiger charge is 2.36. The molecular formula is C30H39N3O7S. The van der Waals surface area contributed by atoms with Gasteiger partial charge in [-0.3, -0.25) is 14.2 Å². The summed E-state index contributed by atoms with van der Waals surface area (Å²) in [5.74, 6) is -0.919. The Morgan fingerprint density at radius 2 is 1.83 bits per heavy atom. The highest BCUT2D eigenvalue weighted by Crippen LogP contribution is 2.38. The smallest absolute Gasteiger partial charge is 0.333 e. The summed E-state index contributed by atoms with van der Waals surface area (Å²) >= 11 is 1.07. The van der Waals surface area contributed by atoms with Crippen LogP contribution >= 0.6 is 11.3 Å². The van der Waals surface area contributed by atoms with Crippen LogP contribution in [0.15, 0.2) is 33.9 Å². The first-order chi connectivity index (χ1) is 19.4. The van der Waals surface area contributed by atoms with Crippen LogP contribution in [0.2, 0.25) is 0 Å². The van der Waals surface area contributed by atoms with Gasteiger partial charge >= 0.3 is 11.7 Å². The number of hydrogen-bond donors (Lipinski definition) is 3. The van der Waals surface area contributed by atoms with Crippen LogP contribution in [0.4, 0.5) is 0 Å². The molecule has 41 heavy (non-hydrogen) atoms. The first kappa shape index (κ1) is 30.5. The highest BCUT2D eigenvalue weighted by atomic mass is 32.1. The van der Waals surface area contributed by atoms with Gasteiger partial charge in [0.15, 0.2) is 0 Å². The second-order valence-corrected chi connectivity index (χ2v) is 12.3. The number of nitrogens with zero attached hydrogens (tertiary/aromatic N) is 2. The van der Waals surface area contributed by atoms with Crippen LogP contribution in [0.5, 0.6) is 5.75 Å². The van der Waals surface area contributed by atoms with Crippen LogP contribution in [0.1, 0.15) is 79.6 Å². The number of amides is 1. The summed E-state index contributed by atoms with van der Waals surface area (Å²) in [4.78, 5) is 53.8. The molecule has 0 radical (unpaired) electrons. The van der Waals surface area contributed by atoms with Gasteiger partial charge in [0.2, 0.25) is 0 Å². The van der Waals surface area contributed by atoms with Crippen LogP contribution in [-0.4, -0.2) is 51.0 Å². The van der Waals surface area contributed by atoms with Crippen molar-refractivity contribution in [1.29, 1.82) is 0 Å². The number of aliphatic hydroxyl groups is 1. The SMILES string of the molecule is CCNC(=O)c1sc2c(c1C)c(=O)n(C(C)(C)C(=O)O)c(=O)n2C[C@H](C[C@H]1CC[C@@H](O)CC1)c1ccccc1OC. The summed E-state index contributed by atoms with van der Waals surface area (Å²) in [5, 5.41) is 23.0. The second kappa shape index (κ2) is 12.2. The lowest BCUT2D eigenvalue weighted by molar-refractivity contribution is -0.146. The normalized spacial score (nSPS) is 18.3. The summed E-state index contributed by atoms with van der Waals surface area (Å²) in [6.07, 6.45) is 3.53. The predicted octanol–water partition coefficient (Wildman–Crippen LogP) is 3.84. The minimum Gasteiger partial charge on any atom is -0.496 e. The minimum absolute atomic E-state index is 0.152. The second-order valence-electron chi connectivity index (χ2n) is 11.3. The number of benzene rings is 1. The fourth-order valence-corrected chi connectivity index (χ4v) is 7.08. The van der Waals surface area contributed by atoms with Crippen molar-refractivity contribution in [3.8, 4) is 5.75 Å². The van der Waals surface area contributed by atoms with Crippen molar-refractivity contribution in [2.24, 2.45) is 5.92 Å². The molecule has 1 atom stereocenters. The largest absolute Gasteiger partial charge is 0.496 e. The molecular weight excluding hydrogens is 546 g/mol. The van der Waals surface area contributed by atoms with Crippen LogP contribution in [0.3, 0.4) is 0 Å². The van der Waals surface area contributed by atoms with E-state index in [0.717, 1.165) is 34.3 Å². The minimum atomic E-state index is -1.83. The molecule has 3 N–H and O–H groups in total. The van der Waals surface area contributed by atoms with Crippen molar-refractivity contribution < 1.29 is 24.5 Å². The molecule has 1 saturated carbocycles. The van der Waals surface area contributed by atoms with E-state index in [1.165, 1.54) is 18.4 Å². The number of para-hydroxylation sites is 1.